The van der Waals surface area contributed by atoms with Crippen LogP contribution in [0.15, 0.2) is 177 Å². The summed E-state index contributed by atoms with van der Waals surface area (Å²) in [7, 11) is 0. The summed E-state index contributed by atoms with van der Waals surface area (Å²) < 4.78 is 22.7. The predicted molar refractivity (Wildman–Crippen MR) is 221 cm³/mol. The molecule has 0 radical (unpaired) electrons. The minimum absolute atomic E-state index is 0.818. The number of anilines is 3. The minimum Gasteiger partial charge on any atom is -0.456 e. The van der Waals surface area contributed by atoms with Crippen LogP contribution in [0.3, 0.4) is 0 Å². The Bertz CT molecular complexity index is 3420. The highest BCUT2D eigenvalue weighted by atomic mass is 32.1. The van der Waals surface area contributed by atoms with Gasteiger partial charge in [0.1, 0.15) is 27.9 Å². The molecule has 12 rings (SSSR count). The van der Waals surface area contributed by atoms with Crippen molar-refractivity contribution in [2.24, 2.45) is 0 Å². The van der Waals surface area contributed by atoms with Crippen molar-refractivity contribution in [3.8, 4) is 11.1 Å². The second kappa shape index (κ2) is 10.8. The molecule has 0 aliphatic carbocycles. The first-order valence-electron chi connectivity index (χ1n) is 17.7. The van der Waals surface area contributed by atoms with Crippen molar-refractivity contribution in [2.45, 2.75) is 0 Å². The van der Waals surface area contributed by atoms with Gasteiger partial charge < -0.3 is 18.2 Å². The van der Waals surface area contributed by atoms with Gasteiger partial charge in [0.05, 0.1) is 22.4 Å². The van der Waals surface area contributed by atoms with Crippen molar-refractivity contribution >= 4 is 114 Å². The van der Waals surface area contributed by atoms with Crippen molar-refractivity contribution in [1.82, 2.24) is 0 Å². The van der Waals surface area contributed by atoms with Crippen LogP contribution in [0.5, 0.6) is 0 Å². The average molecular weight is 698 g/mol. The zero-order valence-electron chi connectivity index (χ0n) is 28.2. The number of hydrogen-bond acceptors (Lipinski definition) is 5. The lowest BCUT2D eigenvalue weighted by molar-refractivity contribution is 0.667. The molecule has 0 aliphatic heterocycles. The zero-order chi connectivity index (χ0) is 34.6. The number of furan rings is 3. The lowest BCUT2D eigenvalue weighted by Crippen LogP contribution is -2.10. The standard InChI is InChI=1S/C48H27NO3S/c1-2-11-28(12-3-1)30-23-25-37(44-45-41(52-47(30)44)26-24-36-34-15-6-9-20-43(34)53-48(36)45)49(29-21-22-33-31-13-4-7-18-39(31)50-42(33)27-29)38-17-10-16-35-32-14-5-8-19-40(32)51-46(35)38/h1-27H. The van der Waals surface area contributed by atoms with E-state index in [-0.39, 0.29) is 0 Å². The van der Waals surface area contributed by atoms with Crippen LogP contribution in [0.1, 0.15) is 0 Å². The van der Waals surface area contributed by atoms with E-state index < -0.39 is 0 Å². The molecule has 0 atom stereocenters. The number of rotatable bonds is 4. The van der Waals surface area contributed by atoms with Gasteiger partial charge in [0.2, 0.25) is 0 Å². The maximum Gasteiger partial charge on any atom is 0.159 e. The highest BCUT2D eigenvalue weighted by molar-refractivity contribution is 7.26. The molecule has 0 bridgehead atoms. The SMILES string of the molecule is c1ccc(-c2ccc(N(c3ccc4c(c3)oc3ccccc34)c3cccc4c3oc3ccccc34)c3c2oc2ccc4c5ccccc5sc4c23)cc1. The Morgan fingerprint density at radius 3 is 1.94 bits per heavy atom. The first-order chi connectivity index (χ1) is 26.3. The molecule has 0 unspecified atom stereocenters. The summed E-state index contributed by atoms with van der Waals surface area (Å²) >= 11 is 1.82. The number of nitrogens with zero attached hydrogens (tertiary/aromatic N) is 1. The molecule has 4 aromatic heterocycles. The maximum atomic E-state index is 6.99. The fraction of sp³-hybridized carbons (Fsp3) is 0. The van der Waals surface area contributed by atoms with Gasteiger partial charge >= 0.3 is 0 Å². The summed E-state index contributed by atoms with van der Waals surface area (Å²) in [6, 6.07) is 57.4. The number of fused-ring (bicyclic) bond motifs is 13. The molecule has 0 spiro atoms. The van der Waals surface area contributed by atoms with Gasteiger partial charge in [0.25, 0.3) is 0 Å². The van der Waals surface area contributed by atoms with Gasteiger partial charge in [0, 0.05) is 58.7 Å². The molecular formula is C48H27NO3S. The monoisotopic (exact) mass is 697 g/mol. The predicted octanol–water partition coefficient (Wildman–Crippen LogP) is 14.9. The lowest BCUT2D eigenvalue weighted by atomic mass is 9.99. The molecule has 0 saturated heterocycles. The van der Waals surface area contributed by atoms with Crippen molar-refractivity contribution in [3.05, 3.63) is 164 Å². The summed E-state index contributed by atoms with van der Waals surface area (Å²) in [5.41, 5.74) is 10.1. The van der Waals surface area contributed by atoms with E-state index in [1.165, 1.54) is 20.2 Å². The second-order valence-corrected chi connectivity index (χ2v) is 14.6. The summed E-state index contributed by atoms with van der Waals surface area (Å²) in [4.78, 5) is 2.33. The number of benzene rings is 8. The van der Waals surface area contributed by atoms with Crippen molar-refractivity contribution in [1.29, 1.82) is 0 Å². The Balaban J connectivity index is 1.24. The van der Waals surface area contributed by atoms with Crippen LogP contribution < -0.4 is 4.90 Å². The van der Waals surface area contributed by atoms with Crippen LogP contribution in [0.2, 0.25) is 0 Å². The Labute approximate surface area is 306 Å². The molecule has 5 heteroatoms. The molecule has 0 amide bonds. The highest BCUT2D eigenvalue weighted by Crippen LogP contribution is 2.51. The fourth-order valence-corrected chi connectivity index (χ4v) is 9.57. The van der Waals surface area contributed by atoms with E-state index in [2.05, 4.69) is 144 Å². The second-order valence-electron chi connectivity index (χ2n) is 13.6. The topological polar surface area (TPSA) is 42.7 Å². The third kappa shape index (κ3) is 4.11. The first-order valence-corrected chi connectivity index (χ1v) is 18.6. The molecule has 53 heavy (non-hydrogen) atoms. The molecule has 0 N–H and O–H groups in total. The molecule has 8 aromatic carbocycles. The van der Waals surface area contributed by atoms with Crippen LogP contribution in [0, 0.1) is 0 Å². The third-order valence-corrected chi connectivity index (χ3v) is 11.9. The molecular weight excluding hydrogens is 671 g/mol. The Kier molecular flexibility index (Phi) is 5.90. The molecule has 12 aromatic rings. The van der Waals surface area contributed by atoms with E-state index in [1.54, 1.807) is 0 Å². The van der Waals surface area contributed by atoms with Gasteiger partial charge in [-0.2, -0.15) is 0 Å². The third-order valence-electron chi connectivity index (χ3n) is 10.7. The van der Waals surface area contributed by atoms with Crippen LogP contribution in [0.25, 0.3) is 97.1 Å². The molecule has 0 fully saturated rings. The highest BCUT2D eigenvalue weighted by Gasteiger charge is 2.27. The molecule has 0 aliphatic rings. The minimum atomic E-state index is 0.818. The van der Waals surface area contributed by atoms with Crippen LogP contribution in [-0.4, -0.2) is 0 Å². The van der Waals surface area contributed by atoms with Gasteiger partial charge in [0.15, 0.2) is 5.58 Å². The van der Waals surface area contributed by atoms with Gasteiger partial charge in [-0.25, -0.2) is 0 Å². The van der Waals surface area contributed by atoms with E-state index in [0.717, 1.165) is 94.0 Å². The first kappa shape index (κ1) is 28.8. The van der Waals surface area contributed by atoms with Gasteiger partial charge in [-0.05, 0) is 66.2 Å². The van der Waals surface area contributed by atoms with Crippen LogP contribution >= 0.6 is 11.3 Å². The van der Waals surface area contributed by atoms with Crippen molar-refractivity contribution in [2.75, 3.05) is 4.90 Å². The molecule has 4 nitrogen and oxygen atoms in total. The van der Waals surface area contributed by atoms with Crippen LogP contribution in [0.4, 0.5) is 17.1 Å². The van der Waals surface area contributed by atoms with E-state index in [4.69, 9.17) is 13.3 Å². The van der Waals surface area contributed by atoms with Crippen molar-refractivity contribution in [3.63, 3.8) is 0 Å². The summed E-state index contributed by atoms with van der Waals surface area (Å²) in [6.45, 7) is 0. The van der Waals surface area contributed by atoms with Crippen molar-refractivity contribution < 1.29 is 13.3 Å². The number of thiophene rings is 1. The maximum absolute atomic E-state index is 6.99. The lowest BCUT2D eigenvalue weighted by Gasteiger charge is -2.26. The molecule has 0 saturated carbocycles. The average Bonchev–Trinajstić information content (AvgIpc) is 3.98. The van der Waals surface area contributed by atoms with Gasteiger partial charge in [-0.1, -0.05) is 97.1 Å². The zero-order valence-corrected chi connectivity index (χ0v) is 29.0. The van der Waals surface area contributed by atoms with Gasteiger partial charge in [-0.15, -0.1) is 11.3 Å². The Hall–Kier alpha value is -6.82. The van der Waals surface area contributed by atoms with E-state index in [9.17, 15) is 0 Å². The van der Waals surface area contributed by atoms with Gasteiger partial charge in [-0.3, -0.25) is 0 Å². The van der Waals surface area contributed by atoms with E-state index in [1.807, 2.05) is 35.6 Å². The number of hydrogen-bond donors (Lipinski definition) is 0. The summed E-state index contributed by atoms with van der Waals surface area (Å²) in [5.74, 6) is 0. The molecule has 4 heterocycles. The van der Waals surface area contributed by atoms with E-state index in [0.29, 0.717) is 0 Å². The normalized spacial score (nSPS) is 12.2. The van der Waals surface area contributed by atoms with E-state index >= 15 is 0 Å². The Morgan fingerprint density at radius 2 is 1.08 bits per heavy atom. The quantitative estimate of drug-likeness (QED) is 0.184. The summed E-state index contributed by atoms with van der Waals surface area (Å²) in [5, 5.41) is 8.97. The number of para-hydroxylation sites is 3. The summed E-state index contributed by atoms with van der Waals surface area (Å²) in [6.07, 6.45) is 0. The molecule has 248 valence electrons. The smallest absolute Gasteiger partial charge is 0.159 e. The Morgan fingerprint density at radius 1 is 0.396 bits per heavy atom. The fourth-order valence-electron chi connectivity index (χ4n) is 8.32. The largest absolute Gasteiger partial charge is 0.456 e. The van der Waals surface area contributed by atoms with Crippen LogP contribution in [-0.2, 0) is 0 Å².